The first-order chi connectivity index (χ1) is 11.1. The van der Waals surface area contributed by atoms with Crippen LogP contribution >= 0.6 is 11.6 Å². The van der Waals surface area contributed by atoms with Crippen molar-refractivity contribution in [3.05, 3.63) is 34.3 Å². The van der Waals surface area contributed by atoms with Crippen LogP contribution in [0.15, 0.2) is 18.2 Å². The number of nitrogens with one attached hydrogen (secondary N) is 1. The smallest absolute Gasteiger partial charge is 0.318 e. The van der Waals surface area contributed by atoms with Crippen LogP contribution in [0.1, 0.15) is 36.9 Å². The number of nitrogens with zero attached hydrogens (tertiary/aromatic N) is 1. The Morgan fingerprint density at radius 1 is 1.57 bits per heavy atom. The maximum atomic E-state index is 12.7. The Balaban J connectivity index is 1.68. The normalized spacial score (nSPS) is 25.1. The predicted molar refractivity (Wildman–Crippen MR) is 88.7 cm³/mol. The van der Waals surface area contributed by atoms with Crippen molar-refractivity contribution in [3.63, 3.8) is 0 Å². The van der Waals surface area contributed by atoms with Gasteiger partial charge in [-0.05, 0) is 43.4 Å². The molecule has 23 heavy (non-hydrogen) atoms. The van der Waals surface area contributed by atoms with Crippen molar-refractivity contribution in [2.45, 2.75) is 44.4 Å². The lowest BCUT2D eigenvalue weighted by molar-refractivity contribution is -0.00482. The Morgan fingerprint density at radius 3 is 3.17 bits per heavy atom. The molecule has 1 aliphatic carbocycles. The van der Waals surface area contributed by atoms with E-state index in [1.807, 2.05) is 18.2 Å². The molecule has 1 aromatic rings. The predicted octanol–water partition coefficient (Wildman–Crippen LogP) is 2.51. The molecule has 0 spiro atoms. The third-order valence-electron chi connectivity index (χ3n) is 4.61. The van der Waals surface area contributed by atoms with E-state index < -0.39 is 6.10 Å². The van der Waals surface area contributed by atoms with Crippen molar-refractivity contribution in [2.24, 2.45) is 0 Å². The van der Waals surface area contributed by atoms with Crippen LogP contribution < -0.4 is 5.32 Å². The van der Waals surface area contributed by atoms with Gasteiger partial charge >= 0.3 is 6.03 Å². The van der Waals surface area contributed by atoms with Gasteiger partial charge in [0.1, 0.15) is 0 Å². The number of hydrogen-bond acceptors (Lipinski definition) is 3. The van der Waals surface area contributed by atoms with Crippen LogP contribution in [0.5, 0.6) is 0 Å². The molecule has 2 aliphatic rings. The molecule has 2 amide bonds. The summed E-state index contributed by atoms with van der Waals surface area (Å²) in [5.74, 6) is 0. The lowest BCUT2D eigenvalue weighted by Gasteiger charge is -2.37. The molecule has 1 heterocycles. The molecule has 6 heteroatoms. The second-order valence-corrected chi connectivity index (χ2v) is 6.76. The van der Waals surface area contributed by atoms with E-state index in [4.69, 9.17) is 16.3 Å². The summed E-state index contributed by atoms with van der Waals surface area (Å²) in [7, 11) is 0. The van der Waals surface area contributed by atoms with Gasteiger partial charge in [0.05, 0.1) is 31.4 Å². The van der Waals surface area contributed by atoms with Gasteiger partial charge in [-0.1, -0.05) is 23.7 Å². The molecule has 2 N–H and O–H groups in total. The minimum atomic E-state index is -0.456. The number of morpholine rings is 1. The average molecular weight is 339 g/mol. The Labute approximate surface area is 141 Å². The number of urea groups is 1. The number of halogens is 1. The van der Waals surface area contributed by atoms with E-state index in [1.54, 1.807) is 11.8 Å². The molecule has 1 fully saturated rings. The first kappa shape index (κ1) is 16.6. The number of fused-ring (bicyclic) bond motifs is 1. The summed E-state index contributed by atoms with van der Waals surface area (Å²) in [5.41, 5.74) is 2.26. The highest BCUT2D eigenvalue weighted by Crippen LogP contribution is 2.35. The molecule has 0 radical (unpaired) electrons. The summed E-state index contributed by atoms with van der Waals surface area (Å²) in [4.78, 5) is 14.5. The molecular formula is C17H23ClN2O3. The van der Waals surface area contributed by atoms with Crippen molar-refractivity contribution >= 4 is 17.6 Å². The van der Waals surface area contributed by atoms with Gasteiger partial charge in [-0.15, -0.1) is 0 Å². The average Bonchev–Trinajstić information content (AvgIpc) is 2.92. The number of amides is 2. The summed E-state index contributed by atoms with van der Waals surface area (Å²) in [5, 5.41) is 13.5. The first-order valence-corrected chi connectivity index (χ1v) is 8.54. The molecule has 126 valence electrons. The SMILES string of the molecule is C[C@H](O)C[C@@H]1COCCN1C(=O)N[C@@H]1CCc2c(Cl)cccc21. The van der Waals surface area contributed by atoms with Crippen molar-refractivity contribution in [1.29, 1.82) is 0 Å². The minimum Gasteiger partial charge on any atom is -0.393 e. The quantitative estimate of drug-likeness (QED) is 0.890. The lowest BCUT2D eigenvalue weighted by Crippen LogP contribution is -2.53. The Kier molecular flexibility index (Phi) is 5.09. The fraction of sp³-hybridized carbons (Fsp3) is 0.588. The standard InChI is InChI=1S/C17H23ClN2O3/c1-11(21)9-12-10-23-8-7-20(12)17(22)19-16-6-5-13-14(16)3-2-4-15(13)18/h2-4,11-12,16,21H,5-10H2,1H3,(H,19,22)/t11-,12+,16+/m0/s1. The fourth-order valence-corrected chi connectivity index (χ4v) is 3.78. The molecule has 0 unspecified atom stereocenters. The van der Waals surface area contributed by atoms with Gasteiger partial charge in [0, 0.05) is 11.6 Å². The molecule has 0 bridgehead atoms. The van der Waals surface area contributed by atoms with Crippen molar-refractivity contribution in [2.75, 3.05) is 19.8 Å². The molecule has 0 saturated carbocycles. The van der Waals surface area contributed by atoms with E-state index in [1.165, 1.54) is 0 Å². The van der Waals surface area contributed by atoms with E-state index in [0.29, 0.717) is 26.2 Å². The third-order valence-corrected chi connectivity index (χ3v) is 4.97. The number of aliphatic hydroxyl groups is 1. The van der Waals surface area contributed by atoms with E-state index in [2.05, 4.69) is 5.32 Å². The first-order valence-electron chi connectivity index (χ1n) is 8.16. The van der Waals surface area contributed by atoms with Crippen molar-refractivity contribution < 1.29 is 14.6 Å². The Bertz CT molecular complexity index is 579. The van der Waals surface area contributed by atoms with Gasteiger partial charge in [-0.2, -0.15) is 0 Å². The number of hydrogen-bond donors (Lipinski definition) is 2. The summed E-state index contributed by atoms with van der Waals surface area (Å²) in [6.45, 7) is 3.31. The maximum Gasteiger partial charge on any atom is 0.318 e. The number of benzene rings is 1. The summed E-state index contributed by atoms with van der Waals surface area (Å²) in [6.07, 6.45) is 1.83. The van der Waals surface area contributed by atoms with Crippen LogP contribution in [0.4, 0.5) is 4.79 Å². The molecule has 3 rings (SSSR count). The van der Waals surface area contributed by atoms with Gasteiger partial charge in [-0.25, -0.2) is 4.79 Å². The monoisotopic (exact) mass is 338 g/mol. The van der Waals surface area contributed by atoms with Crippen LogP contribution in [-0.2, 0) is 11.2 Å². The molecule has 1 aliphatic heterocycles. The molecule has 1 saturated heterocycles. The van der Waals surface area contributed by atoms with Gasteiger partial charge in [0.2, 0.25) is 0 Å². The Morgan fingerprint density at radius 2 is 2.39 bits per heavy atom. The number of aliphatic hydroxyl groups excluding tert-OH is 1. The third kappa shape index (κ3) is 3.62. The summed E-state index contributed by atoms with van der Waals surface area (Å²) < 4.78 is 5.46. The zero-order valence-electron chi connectivity index (χ0n) is 13.3. The second-order valence-electron chi connectivity index (χ2n) is 6.36. The molecule has 0 aromatic heterocycles. The van der Waals surface area contributed by atoms with Crippen LogP contribution in [0.25, 0.3) is 0 Å². The highest BCUT2D eigenvalue weighted by Gasteiger charge is 2.31. The second kappa shape index (κ2) is 7.07. The number of ether oxygens (including phenoxy) is 1. The largest absolute Gasteiger partial charge is 0.393 e. The number of carbonyl (C=O) groups excluding carboxylic acids is 1. The van der Waals surface area contributed by atoms with Gasteiger partial charge in [0.25, 0.3) is 0 Å². The van der Waals surface area contributed by atoms with Crippen LogP contribution in [0.2, 0.25) is 5.02 Å². The van der Waals surface area contributed by atoms with E-state index in [0.717, 1.165) is 29.0 Å². The van der Waals surface area contributed by atoms with E-state index in [9.17, 15) is 9.90 Å². The number of carbonyl (C=O) groups is 1. The lowest BCUT2D eigenvalue weighted by atomic mass is 10.1. The van der Waals surface area contributed by atoms with Crippen molar-refractivity contribution in [3.8, 4) is 0 Å². The fourth-order valence-electron chi connectivity index (χ4n) is 3.50. The van der Waals surface area contributed by atoms with E-state index >= 15 is 0 Å². The van der Waals surface area contributed by atoms with E-state index in [-0.39, 0.29) is 18.1 Å². The van der Waals surface area contributed by atoms with Gasteiger partial charge < -0.3 is 20.1 Å². The van der Waals surface area contributed by atoms with Crippen LogP contribution in [-0.4, -0.2) is 47.9 Å². The summed E-state index contributed by atoms with van der Waals surface area (Å²) >= 11 is 6.23. The van der Waals surface area contributed by atoms with Crippen molar-refractivity contribution in [1.82, 2.24) is 10.2 Å². The number of rotatable bonds is 3. The highest BCUT2D eigenvalue weighted by atomic mass is 35.5. The highest BCUT2D eigenvalue weighted by molar-refractivity contribution is 6.31. The molecule has 1 aromatic carbocycles. The molecular weight excluding hydrogens is 316 g/mol. The molecule has 5 nitrogen and oxygen atoms in total. The minimum absolute atomic E-state index is 0.00578. The zero-order valence-corrected chi connectivity index (χ0v) is 14.1. The summed E-state index contributed by atoms with van der Waals surface area (Å²) in [6, 6.07) is 5.69. The Hall–Kier alpha value is -1.30. The van der Waals surface area contributed by atoms with Gasteiger partial charge in [-0.3, -0.25) is 0 Å². The topological polar surface area (TPSA) is 61.8 Å². The van der Waals surface area contributed by atoms with Crippen LogP contribution in [0, 0.1) is 0 Å². The zero-order chi connectivity index (χ0) is 16.4. The molecule has 3 atom stereocenters. The van der Waals surface area contributed by atoms with Gasteiger partial charge in [0.15, 0.2) is 0 Å². The maximum absolute atomic E-state index is 12.7. The van der Waals surface area contributed by atoms with Crippen LogP contribution in [0.3, 0.4) is 0 Å².